The van der Waals surface area contributed by atoms with Gasteiger partial charge in [0.05, 0.1) is 0 Å². The molecule has 0 aliphatic rings. The Bertz CT molecular complexity index is 517. The van der Waals surface area contributed by atoms with Crippen LogP contribution in [0.5, 0.6) is 0 Å². The van der Waals surface area contributed by atoms with Crippen LogP contribution in [0.1, 0.15) is 22.0 Å². The zero-order chi connectivity index (χ0) is 10.5. The van der Waals surface area contributed by atoms with E-state index in [1.165, 1.54) is 0 Å². The first-order valence-corrected chi connectivity index (χ1v) is 4.36. The van der Waals surface area contributed by atoms with Crippen LogP contribution in [-0.4, -0.2) is 11.3 Å². The Kier molecular flexibility index (Phi) is 2.61. The topological polar surface area (TPSA) is 43.1 Å². The van der Waals surface area contributed by atoms with Gasteiger partial charge in [-0.3, -0.25) is 4.79 Å². The Morgan fingerprint density at radius 1 is 1.20 bits per heavy atom. The minimum Gasteiger partial charge on any atom is -0.445 e. The van der Waals surface area contributed by atoms with Crippen LogP contribution in [0.4, 0.5) is 0 Å². The highest BCUT2D eigenvalue weighted by atomic mass is 16.3. The SMILES string of the molecule is O=Cc1ccc(C#Cc2ccccn2)o1. The average molecular weight is 197 g/mol. The standard InChI is InChI=1S/C12H7NO2/c14-9-12-7-6-11(15-12)5-4-10-3-1-2-8-13-10/h1-3,6-9H. The van der Waals surface area contributed by atoms with Crippen molar-refractivity contribution in [2.75, 3.05) is 0 Å². The third-order valence-electron chi connectivity index (χ3n) is 1.72. The van der Waals surface area contributed by atoms with Crippen LogP contribution in [0.3, 0.4) is 0 Å². The van der Waals surface area contributed by atoms with Gasteiger partial charge in [0.25, 0.3) is 0 Å². The maximum atomic E-state index is 10.3. The van der Waals surface area contributed by atoms with Crippen molar-refractivity contribution in [1.82, 2.24) is 4.98 Å². The van der Waals surface area contributed by atoms with Gasteiger partial charge in [-0.2, -0.15) is 0 Å². The molecule has 3 heteroatoms. The van der Waals surface area contributed by atoms with E-state index in [0.29, 0.717) is 17.7 Å². The number of carbonyl (C=O) groups is 1. The van der Waals surface area contributed by atoms with E-state index in [4.69, 9.17) is 4.42 Å². The predicted octanol–water partition coefficient (Wildman–Crippen LogP) is 1.89. The van der Waals surface area contributed by atoms with Crippen molar-refractivity contribution in [3.63, 3.8) is 0 Å². The molecule has 0 unspecified atom stereocenters. The second-order valence-electron chi connectivity index (χ2n) is 2.78. The summed E-state index contributed by atoms with van der Waals surface area (Å²) in [7, 11) is 0. The molecule has 2 heterocycles. The monoisotopic (exact) mass is 197 g/mol. The van der Waals surface area contributed by atoms with Gasteiger partial charge in [0.2, 0.25) is 0 Å². The average Bonchev–Trinajstić information content (AvgIpc) is 2.76. The molecule has 0 saturated carbocycles. The summed E-state index contributed by atoms with van der Waals surface area (Å²) in [5.41, 5.74) is 0.668. The fraction of sp³-hybridized carbons (Fsp3) is 0. The highest BCUT2D eigenvalue weighted by Crippen LogP contribution is 2.03. The number of carbonyl (C=O) groups excluding carboxylic acids is 1. The number of aldehydes is 1. The molecule has 0 spiro atoms. The van der Waals surface area contributed by atoms with Gasteiger partial charge in [-0.1, -0.05) is 6.07 Å². The van der Waals surface area contributed by atoms with E-state index in [9.17, 15) is 4.79 Å². The van der Waals surface area contributed by atoms with E-state index in [1.54, 1.807) is 24.4 Å². The largest absolute Gasteiger partial charge is 0.445 e. The third kappa shape index (κ3) is 2.32. The summed E-state index contributed by atoms with van der Waals surface area (Å²) in [6, 6.07) is 8.71. The van der Waals surface area contributed by atoms with Gasteiger partial charge >= 0.3 is 0 Å². The van der Waals surface area contributed by atoms with Crippen molar-refractivity contribution >= 4 is 6.29 Å². The second kappa shape index (κ2) is 4.25. The molecule has 72 valence electrons. The van der Waals surface area contributed by atoms with Crippen LogP contribution in [0.2, 0.25) is 0 Å². The fourth-order valence-corrected chi connectivity index (χ4v) is 1.05. The quantitative estimate of drug-likeness (QED) is 0.518. The van der Waals surface area contributed by atoms with E-state index in [1.807, 2.05) is 12.1 Å². The molecule has 15 heavy (non-hydrogen) atoms. The van der Waals surface area contributed by atoms with E-state index in [-0.39, 0.29) is 5.76 Å². The van der Waals surface area contributed by atoms with Gasteiger partial charge in [-0.15, -0.1) is 0 Å². The molecule has 0 amide bonds. The summed E-state index contributed by atoms with van der Waals surface area (Å²) in [6.07, 6.45) is 2.31. The first kappa shape index (κ1) is 9.22. The number of rotatable bonds is 1. The molecule has 3 nitrogen and oxygen atoms in total. The van der Waals surface area contributed by atoms with Crippen molar-refractivity contribution in [2.45, 2.75) is 0 Å². The smallest absolute Gasteiger partial charge is 0.185 e. The molecule has 0 aliphatic heterocycles. The summed E-state index contributed by atoms with van der Waals surface area (Å²) in [5, 5.41) is 0. The number of hydrogen-bond acceptors (Lipinski definition) is 3. The van der Waals surface area contributed by atoms with Gasteiger partial charge in [-0.25, -0.2) is 4.98 Å². The molecule has 2 aromatic heterocycles. The van der Waals surface area contributed by atoms with Gasteiger partial charge in [0.15, 0.2) is 17.8 Å². The van der Waals surface area contributed by atoms with Gasteiger partial charge in [0.1, 0.15) is 5.69 Å². The molecule has 0 atom stereocenters. The van der Waals surface area contributed by atoms with Crippen LogP contribution in [0, 0.1) is 11.8 Å². The summed E-state index contributed by atoms with van der Waals surface area (Å²) in [5.74, 6) is 6.34. The van der Waals surface area contributed by atoms with Gasteiger partial charge in [0, 0.05) is 6.20 Å². The van der Waals surface area contributed by atoms with Crippen molar-refractivity contribution in [1.29, 1.82) is 0 Å². The Balaban J connectivity index is 2.22. The van der Waals surface area contributed by atoms with Crippen molar-refractivity contribution in [3.05, 3.63) is 53.7 Å². The number of furan rings is 1. The van der Waals surface area contributed by atoms with E-state index in [0.717, 1.165) is 0 Å². The number of hydrogen-bond donors (Lipinski definition) is 0. The molecule has 0 fully saturated rings. The fourth-order valence-electron chi connectivity index (χ4n) is 1.05. The van der Waals surface area contributed by atoms with Crippen LogP contribution >= 0.6 is 0 Å². The number of nitrogens with zero attached hydrogens (tertiary/aromatic N) is 1. The van der Waals surface area contributed by atoms with Crippen LogP contribution in [-0.2, 0) is 0 Å². The summed E-state index contributed by atoms with van der Waals surface area (Å²) < 4.78 is 5.09. The molecule has 0 N–H and O–H groups in total. The van der Waals surface area contributed by atoms with Crippen LogP contribution in [0.15, 0.2) is 40.9 Å². The molecule has 0 aromatic carbocycles. The highest BCUT2D eigenvalue weighted by Gasteiger charge is 1.95. The van der Waals surface area contributed by atoms with E-state index >= 15 is 0 Å². The normalized spacial score (nSPS) is 9.07. The minimum absolute atomic E-state index is 0.278. The molecule has 0 aliphatic carbocycles. The lowest BCUT2D eigenvalue weighted by atomic mass is 10.3. The van der Waals surface area contributed by atoms with Crippen molar-refractivity contribution in [3.8, 4) is 11.8 Å². The summed E-state index contributed by atoms with van der Waals surface area (Å²) in [6.45, 7) is 0. The molecular weight excluding hydrogens is 190 g/mol. The maximum absolute atomic E-state index is 10.3. The molecule has 0 bridgehead atoms. The minimum atomic E-state index is 0.278. The van der Waals surface area contributed by atoms with Crippen molar-refractivity contribution < 1.29 is 9.21 Å². The zero-order valence-electron chi connectivity index (χ0n) is 7.81. The lowest BCUT2D eigenvalue weighted by Crippen LogP contribution is -1.78. The Morgan fingerprint density at radius 2 is 2.13 bits per heavy atom. The van der Waals surface area contributed by atoms with E-state index in [2.05, 4.69) is 16.8 Å². The van der Waals surface area contributed by atoms with Crippen molar-refractivity contribution in [2.24, 2.45) is 0 Å². The zero-order valence-corrected chi connectivity index (χ0v) is 7.81. The Hall–Kier alpha value is -2.34. The van der Waals surface area contributed by atoms with Gasteiger partial charge in [-0.05, 0) is 36.1 Å². The first-order chi connectivity index (χ1) is 7.38. The Labute approximate surface area is 86.8 Å². The molecular formula is C12H7NO2. The lowest BCUT2D eigenvalue weighted by molar-refractivity contribution is 0.110. The van der Waals surface area contributed by atoms with Crippen LogP contribution < -0.4 is 0 Å². The molecule has 2 aromatic rings. The molecule has 0 saturated heterocycles. The highest BCUT2D eigenvalue weighted by molar-refractivity contribution is 5.70. The number of pyridine rings is 1. The maximum Gasteiger partial charge on any atom is 0.185 e. The first-order valence-electron chi connectivity index (χ1n) is 4.36. The third-order valence-corrected chi connectivity index (χ3v) is 1.72. The van der Waals surface area contributed by atoms with Crippen LogP contribution in [0.25, 0.3) is 0 Å². The lowest BCUT2D eigenvalue weighted by Gasteiger charge is -1.84. The second-order valence-corrected chi connectivity index (χ2v) is 2.78. The number of aromatic nitrogens is 1. The predicted molar refractivity (Wildman–Crippen MR) is 54.3 cm³/mol. The summed E-state index contributed by atoms with van der Waals surface area (Å²) >= 11 is 0. The summed E-state index contributed by atoms with van der Waals surface area (Å²) in [4.78, 5) is 14.4. The van der Waals surface area contributed by atoms with Gasteiger partial charge < -0.3 is 4.42 Å². The van der Waals surface area contributed by atoms with E-state index < -0.39 is 0 Å². The molecule has 2 rings (SSSR count). The Morgan fingerprint density at radius 3 is 2.80 bits per heavy atom. The molecule has 0 radical (unpaired) electrons.